The van der Waals surface area contributed by atoms with Crippen molar-refractivity contribution in [3.63, 3.8) is 0 Å². The van der Waals surface area contributed by atoms with Crippen LogP contribution in [0.2, 0.25) is 5.02 Å². The molecule has 3 aromatic rings. The highest BCUT2D eigenvalue weighted by Gasteiger charge is 2.11. The zero-order valence-corrected chi connectivity index (χ0v) is 16.0. The van der Waals surface area contributed by atoms with E-state index in [2.05, 4.69) is 20.6 Å². The quantitative estimate of drug-likeness (QED) is 0.665. The lowest BCUT2D eigenvalue weighted by Gasteiger charge is -2.12. The molecule has 2 N–H and O–H groups in total. The predicted molar refractivity (Wildman–Crippen MR) is 107 cm³/mol. The number of hydrogen-bond acceptors (Lipinski definition) is 5. The van der Waals surface area contributed by atoms with E-state index in [9.17, 15) is 4.79 Å². The molecule has 1 amide bonds. The van der Waals surface area contributed by atoms with Gasteiger partial charge in [-0.15, -0.1) is 0 Å². The minimum absolute atomic E-state index is 0.223. The Morgan fingerprint density at radius 2 is 1.81 bits per heavy atom. The van der Waals surface area contributed by atoms with E-state index in [4.69, 9.17) is 16.3 Å². The standard InChI is InChI=1S/C20H19ClN4O2/c1-12-4-6-14(7-5-12)24-20(26)17-10-23-19(11-22-17)25-16-8-13(2)15(21)9-18(16)27-3/h4-11H,1-3H3,(H,23,25)(H,24,26). The molecule has 1 heterocycles. The van der Waals surface area contributed by atoms with Crippen molar-refractivity contribution >= 4 is 34.7 Å². The van der Waals surface area contributed by atoms with Gasteiger partial charge in [0.15, 0.2) is 0 Å². The third-order valence-electron chi connectivity index (χ3n) is 3.94. The molecule has 0 aliphatic carbocycles. The predicted octanol–water partition coefficient (Wildman–Crippen LogP) is 4.75. The number of ether oxygens (including phenoxy) is 1. The van der Waals surface area contributed by atoms with Crippen LogP contribution in [0.4, 0.5) is 17.2 Å². The van der Waals surface area contributed by atoms with Gasteiger partial charge in [-0.1, -0.05) is 29.3 Å². The number of carbonyl (C=O) groups is 1. The van der Waals surface area contributed by atoms with Gasteiger partial charge in [0, 0.05) is 16.8 Å². The number of benzene rings is 2. The molecule has 0 atom stereocenters. The molecule has 0 bridgehead atoms. The van der Waals surface area contributed by atoms with Crippen molar-refractivity contribution in [1.29, 1.82) is 0 Å². The molecule has 0 saturated heterocycles. The monoisotopic (exact) mass is 382 g/mol. The third kappa shape index (κ3) is 4.54. The number of aryl methyl sites for hydroxylation is 2. The zero-order valence-electron chi connectivity index (χ0n) is 15.2. The topological polar surface area (TPSA) is 76.1 Å². The van der Waals surface area contributed by atoms with Crippen molar-refractivity contribution in [2.24, 2.45) is 0 Å². The van der Waals surface area contributed by atoms with Crippen LogP contribution in [0.15, 0.2) is 48.8 Å². The average molecular weight is 383 g/mol. The largest absolute Gasteiger partial charge is 0.495 e. The van der Waals surface area contributed by atoms with Crippen LogP contribution in [0.25, 0.3) is 0 Å². The summed E-state index contributed by atoms with van der Waals surface area (Å²) in [6.07, 6.45) is 2.91. The van der Waals surface area contributed by atoms with E-state index in [1.165, 1.54) is 12.4 Å². The van der Waals surface area contributed by atoms with Gasteiger partial charge in [0.25, 0.3) is 5.91 Å². The van der Waals surface area contributed by atoms with Gasteiger partial charge in [0.05, 0.1) is 25.2 Å². The molecule has 0 saturated carbocycles. The highest BCUT2D eigenvalue weighted by molar-refractivity contribution is 6.31. The zero-order chi connectivity index (χ0) is 19.4. The van der Waals surface area contributed by atoms with Gasteiger partial charge in [-0.25, -0.2) is 9.97 Å². The molecule has 1 aromatic heterocycles. The molecule has 0 aliphatic heterocycles. The number of halogens is 1. The van der Waals surface area contributed by atoms with E-state index >= 15 is 0 Å². The Hall–Kier alpha value is -3.12. The number of methoxy groups -OCH3 is 1. The fourth-order valence-electron chi connectivity index (χ4n) is 2.41. The minimum atomic E-state index is -0.321. The van der Waals surface area contributed by atoms with E-state index in [-0.39, 0.29) is 11.6 Å². The fourth-order valence-corrected chi connectivity index (χ4v) is 2.56. The van der Waals surface area contributed by atoms with E-state index in [1.54, 1.807) is 13.2 Å². The molecule has 7 heteroatoms. The van der Waals surface area contributed by atoms with Crippen molar-refractivity contribution in [1.82, 2.24) is 9.97 Å². The second kappa shape index (κ2) is 8.05. The Balaban J connectivity index is 1.73. The second-order valence-electron chi connectivity index (χ2n) is 6.03. The van der Waals surface area contributed by atoms with Crippen molar-refractivity contribution in [2.75, 3.05) is 17.7 Å². The average Bonchev–Trinajstić information content (AvgIpc) is 2.67. The van der Waals surface area contributed by atoms with Gasteiger partial charge < -0.3 is 15.4 Å². The summed E-state index contributed by atoms with van der Waals surface area (Å²) in [5.74, 6) is 0.758. The summed E-state index contributed by atoms with van der Waals surface area (Å²) in [6.45, 7) is 3.89. The first-order valence-electron chi connectivity index (χ1n) is 8.27. The molecule has 27 heavy (non-hydrogen) atoms. The molecule has 0 spiro atoms. The molecule has 2 aromatic carbocycles. The molecule has 3 rings (SSSR count). The minimum Gasteiger partial charge on any atom is -0.495 e. The number of nitrogens with one attached hydrogen (secondary N) is 2. The SMILES string of the molecule is COc1cc(Cl)c(C)cc1Nc1cnc(C(=O)Nc2ccc(C)cc2)cn1. The number of nitrogens with zero attached hydrogens (tertiary/aromatic N) is 2. The van der Waals surface area contributed by atoms with E-state index in [0.29, 0.717) is 28.0 Å². The number of hydrogen-bond donors (Lipinski definition) is 2. The molecule has 6 nitrogen and oxygen atoms in total. The Morgan fingerprint density at radius 3 is 2.44 bits per heavy atom. The highest BCUT2D eigenvalue weighted by Crippen LogP contribution is 2.32. The van der Waals surface area contributed by atoms with Crippen LogP contribution >= 0.6 is 11.6 Å². The molecule has 0 radical (unpaired) electrons. The summed E-state index contributed by atoms with van der Waals surface area (Å²) in [6, 6.07) is 11.1. The number of carbonyl (C=O) groups excluding carboxylic acids is 1. The van der Waals surface area contributed by atoms with E-state index in [0.717, 1.165) is 11.1 Å². The maximum atomic E-state index is 12.3. The van der Waals surface area contributed by atoms with Crippen molar-refractivity contribution in [2.45, 2.75) is 13.8 Å². The van der Waals surface area contributed by atoms with Crippen LogP contribution in [0.5, 0.6) is 5.75 Å². The van der Waals surface area contributed by atoms with Crippen LogP contribution in [0, 0.1) is 13.8 Å². The highest BCUT2D eigenvalue weighted by atomic mass is 35.5. The normalized spacial score (nSPS) is 10.4. The lowest BCUT2D eigenvalue weighted by Crippen LogP contribution is -2.14. The summed E-state index contributed by atoms with van der Waals surface area (Å²) in [5, 5.41) is 6.53. The van der Waals surface area contributed by atoms with Gasteiger partial charge in [0.2, 0.25) is 0 Å². The van der Waals surface area contributed by atoms with E-state index < -0.39 is 0 Å². The Bertz CT molecular complexity index is 957. The van der Waals surface area contributed by atoms with Gasteiger partial charge >= 0.3 is 0 Å². The number of rotatable bonds is 5. The van der Waals surface area contributed by atoms with Crippen molar-refractivity contribution in [3.05, 3.63) is 70.6 Å². The lowest BCUT2D eigenvalue weighted by molar-refractivity contribution is 0.102. The van der Waals surface area contributed by atoms with Gasteiger partial charge in [-0.3, -0.25) is 4.79 Å². The lowest BCUT2D eigenvalue weighted by atomic mass is 10.2. The number of amides is 1. The summed E-state index contributed by atoms with van der Waals surface area (Å²) in [5.41, 5.74) is 3.67. The van der Waals surface area contributed by atoms with Crippen LogP contribution < -0.4 is 15.4 Å². The fraction of sp³-hybridized carbons (Fsp3) is 0.150. The summed E-state index contributed by atoms with van der Waals surface area (Å²) < 4.78 is 5.33. The van der Waals surface area contributed by atoms with Gasteiger partial charge in [-0.05, 0) is 37.6 Å². The van der Waals surface area contributed by atoms with Crippen LogP contribution in [-0.4, -0.2) is 23.0 Å². The summed E-state index contributed by atoms with van der Waals surface area (Å²) in [7, 11) is 1.57. The number of anilines is 3. The number of aromatic nitrogens is 2. The van der Waals surface area contributed by atoms with Crippen LogP contribution in [0.3, 0.4) is 0 Å². The Morgan fingerprint density at radius 1 is 1.07 bits per heavy atom. The molecule has 0 unspecified atom stereocenters. The molecule has 0 fully saturated rings. The molecular weight excluding hydrogens is 364 g/mol. The first-order chi connectivity index (χ1) is 13.0. The van der Waals surface area contributed by atoms with Gasteiger partial charge in [0.1, 0.15) is 17.3 Å². The molecule has 0 aliphatic rings. The summed E-state index contributed by atoms with van der Waals surface area (Å²) in [4.78, 5) is 20.7. The van der Waals surface area contributed by atoms with E-state index in [1.807, 2.05) is 44.2 Å². The summed E-state index contributed by atoms with van der Waals surface area (Å²) >= 11 is 6.12. The molecule has 138 valence electrons. The van der Waals surface area contributed by atoms with Crippen LogP contribution in [-0.2, 0) is 0 Å². The first kappa shape index (κ1) is 18.7. The van der Waals surface area contributed by atoms with Crippen molar-refractivity contribution < 1.29 is 9.53 Å². The maximum absolute atomic E-state index is 12.3. The third-order valence-corrected chi connectivity index (χ3v) is 4.34. The van der Waals surface area contributed by atoms with Crippen molar-refractivity contribution in [3.8, 4) is 5.75 Å². The second-order valence-corrected chi connectivity index (χ2v) is 6.44. The Kier molecular flexibility index (Phi) is 5.57. The maximum Gasteiger partial charge on any atom is 0.275 e. The molecular formula is C20H19ClN4O2. The first-order valence-corrected chi connectivity index (χ1v) is 8.65. The Labute approximate surface area is 162 Å². The smallest absolute Gasteiger partial charge is 0.275 e. The van der Waals surface area contributed by atoms with Gasteiger partial charge in [-0.2, -0.15) is 0 Å². The van der Waals surface area contributed by atoms with Crippen LogP contribution in [0.1, 0.15) is 21.6 Å².